The summed E-state index contributed by atoms with van der Waals surface area (Å²) in [7, 11) is 1.96. The van der Waals surface area contributed by atoms with Crippen molar-refractivity contribution < 1.29 is 4.79 Å². The van der Waals surface area contributed by atoms with E-state index in [0.717, 1.165) is 16.5 Å². The topological polar surface area (TPSA) is 22.0 Å². The first kappa shape index (κ1) is 13.7. The Kier molecular flexibility index (Phi) is 2.66. The van der Waals surface area contributed by atoms with Crippen LogP contribution in [0.15, 0.2) is 24.4 Å². The van der Waals surface area contributed by atoms with Gasteiger partial charge in [-0.2, -0.15) is 0 Å². The number of rotatable bonds is 2. The van der Waals surface area contributed by atoms with E-state index in [1.165, 1.54) is 0 Å². The number of benzene rings is 1. The van der Waals surface area contributed by atoms with Crippen LogP contribution in [0.25, 0.3) is 10.9 Å². The molecule has 106 valence electrons. The summed E-state index contributed by atoms with van der Waals surface area (Å²) in [4.78, 5) is 12.9. The van der Waals surface area contributed by atoms with Crippen LogP contribution in [0, 0.1) is 16.7 Å². The molecule has 1 fully saturated rings. The fraction of sp³-hybridized carbons (Fsp3) is 0.471. The van der Waals surface area contributed by atoms with Gasteiger partial charge < -0.3 is 4.57 Å². The number of halogens is 1. The first-order chi connectivity index (χ1) is 9.18. The zero-order valence-corrected chi connectivity index (χ0v) is 13.4. The van der Waals surface area contributed by atoms with E-state index in [0.29, 0.717) is 5.02 Å². The summed E-state index contributed by atoms with van der Waals surface area (Å²) in [6.07, 6.45) is 1.94. The first-order valence-corrected chi connectivity index (χ1v) is 7.34. The molecule has 1 aromatic carbocycles. The quantitative estimate of drug-likeness (QED) is 0.735. The smallest absolute Gasteiger partial charge is 0.169 e. The highest BCUT2D eigenvalue weighted by atomic mass is 35.5. The van der Waals surface area contributed by atoms with Gasteiger partial charge in [0.05, 0.1) is 0 Å². The second-order valence-electron chi connectivity index (χ2n) is 7.06. The predicted octanol–water partition coefficient (Wildman–Crippen LogP) is 4.70. The zero-order chi connectivity index (χ0) is 14.9. The fourth-order valence-corrected chi connectivity index (χ4v) is 3.73. The molecule has 1 aliphatic carbocycles. The molecule has 0 aliphatic heterocycles. The molecule has 20 heavy (non-hydrogen) atoms. The summed E-state index contributed by atoms with van der Waals surface area (Å²) in [5.74, 6) is 0.351. The number of Topliss-reactive ketones (excluding diaryl/α,β-unsaturated/α-hetero) is 1. The average molecular weight is 290 g/mol. The molecule has 0 amide bonds. The highest BCUT2D eigenvalue weighted by molar-refractivity contribution is 6.31. The van der Waals surface area contributed by atoms with Crippen molar-refractivity contribution in [2.24, 2.45) is 23.8 Å². The van der Waals surface area contributed by atoms with E-state index < -0.39 is 0 Å². The van der Waals surface area contributed by atoms with E-state index in [4.69, 9.17) is 11.6 Å². The maximum Gasteiger partial charge on any atom is 0.169 e. The van der Waals surface area contributed by atoms with Gasteiger partial charge in [0.25, 0.3) is 0 Å². The summed E-state index contributed by atoms with van der Waals surface area (Å²) in [6, 6.07) is 5.72. The van der Waals surface area contributed by atoms with E-state index in [1.807, 2.05) is 36.0 Å². The lowest BCUT2D eigenvalue weighted by molar-refractivity contribution is 0.0946. The van der Waals surface area contributed by atoms with Crippen molar-refractivity contribution in [2.75, 3.05) is 0 Å². The minimum absolute atomic E-state index is 0.0681. The summed E-state index contributed by atoms with van der Waals surface area (Å²) in [6.45, 7) is 8.71. The van der Waals surface area contributed by atoms with E-state index in [1.54, 1.807) is 0 Å². The number of carbonyl (C=O) groups is 1. The normalized spacial score (nSPS) is 20.3. The Morgan fingerprint density at radius 1 is 1.20 bits per heavy atom. The number of ketones is 1. The Morgan fingerprint density at radius 3 is 2.35 bits per heavy atom. The van der Waals surface area contributed by atoms with Crippen molar-refractivity contribution in [1.82, 2.24) is 4.57 Å². The lowest BCUT2D eigenvalue weighted by atomic mass is 10.0. The SMILES string of the molecule is Cn1cc(C(=O)C2C(C)(C)C2(C)C)c2ccc(Cl)cc21. The van der Waals surface area contributed by atoms with Gasteiger partial charge in [0, 0.05) is 40.7 Å². The summed E-state index contributed by atoms with van der Waals surface area (Å²) in [5.41, 5.74) is 1.97. The lowest BCUT2D eigenvalue weighted by Gasteiger charge is -2.03. The number of hydrogen-bond donors (Lipinski definition) is 0. The monoisotopic (exact) mass is 289 g/mol. The molecular weight excluding hydrogens is 270 g/mol. The summed E-state index contributed by atoms with van der Waals surface area (Å²) < 4.78 is 1.98. The Balaban J connectivity index is 2.11. The third-order valence-corrected chi connectivity index (χ3v) is 5.74. The molecule has 1 heterocycles. The molecular formula is C17H20ClNO. The zero-order valence-electron chi connectivity index (χ0n) is 12.6. The van der Waals surface area contributed by atoms with E-state index in [-0.39, 0.29) is 22.5 Å². The van der Waals surface area contributed by atoms with Crippen LogP contribution in [0.4, 0.5) is 0 Å². The summed E-state index contributed by atoms with van der Waals surface area (Å²) >= 11 is 6.05. The number of nitrogens with zero attached hydrogens (tertiary/aromatic N) is 1. The van der Waals surface area contributed by atoms with E-state index in [9.17, 15) is 4.79 Å². The summed E-state index contributed by atoms with van der Waals surface area (Å²) in [5, 5.41) is 1.70. The fourth-order valence-electron chi connectivity index (χ4n) is 3.56. The van der Waals surface area contributed by atoms with Gasteiger partial charge in [0.15, 0.2) is 5.78 Å². The van der Waals surface area contributed by atoms with Crippen LogP contribution in [-0.4, -0.2) is 10.4 Å². The van der Waals surface area contributed by atoms with Gasteiger partial charge in [-0.25, -0.2) is 0 Å². The molecule has 0 radical (unpaired) electrons. The highest BCUT2D eigenvalue weighted by Gasteiger charge is 2.68. The standard InChI is InChI=1S/C17H20ClNO/c1-16(2)15(17(16,3)4)14(20)12-9-19(5)13-8-10(18)6-7-11(12)13/h6-9,15H,1-5H3. The molecule has 1 aliphatic rings. The maximum absolute atomic E-state index is 12.9. The number of hydrogen-bond acceptors (Lipinski definition) is 1. The van der Waals surface area contributed by atoms with Gasteiger partial charge in [-0.3, -0.25) is 4.79 Å². The van der Waals surface area contributed by atoms with Crippen molar-refractivity contribution in [3.63, 3.8) is 0 Å². The Labute approximate surface area is 124 Å². The van der Waals surface area contributed by atoms with Crippen LogP contribution >= 0.6 is 11.6 Å². The van der Waals surface area contributed by atoms with Crippen molar-refractivity contribution in [3.8, 4) is 0 Å². The second kappa shape index (κ2) is 3.88. The molecule has 0 N–H and O–H groups in total. The minimum Gasteiger partial charge on any atom is -0.350 e. The van der Waals surface area contributed by atoms with Crippen LogP contribution in [0.1, 0.15) is 38.1 Å². The van der Waals surface area contributed by atoms with Crippen molar-refractivity contribution in [1.29, 1.82) is 0 Å². The van der Waals surface area contributed by atoms with Gasteiger partial charge in [-0.1, -0.05) is 45.4 Å². The van der Waals surface area contributed by atoms with Gasteiger partial charge >= 0.3 is 0 Å². The highest BCUT2D eigenvalue weighted by Crippen LogP contribution is 2.69. The van der Waals surface area contributed by atoms with Crippen LogP contribution < -0.4 is 0 Å². The minimum atomic E-state index is 0.0681. The van der Waals surface area contributed by atoms with Gasteiger partial charge in [0.1, 0.15) is 0 Å². The van der Waals surface area contributed by atoms with Crippen molar-refractivity contribution >= 4 is 28.3 Å². The number of aryl methyl sites for hydroxylation is 1. The Morgan fingerprint density at radius 2 is 1.80 bits per heavy atom. The average Bonchev–Trinajstić information content (AvgIpc) is 2.63. The molecule has 1 aromatic heterocycles. The number of carbonyl (C=O) groups excluding carboxylic acids is 1. The molecule has 2 nitrogen and oxygen atoms in total. The van der Waals surface area contributed by atoms with Gasteiger partial charge in [-0.05, 0) is 23.0 Å². The lowest BCUT2D eigenvalue weighted by Crippen LogP contribution is -2.07. The Hall–Kier alpha value is -1.28. The van der Waals surface area contributed by atoms with Crippen molar-refractivity contribution in [2.45, 2.75) is 27.7 Å². The van der Waals surface area contributed by atoms with E-state index >= 15 is 0 Å². The third kappa shape index (κ3) is 1.61. The predicted molar refractivity (Wildman–Crippen MR) is 83.3 cm³/mol. The van der Waals surface area contributed by atoms with Gasteiger partial charge in [0.2, 0.25) is 0 Å². The molecule has 2 aromatic rings. The molecule has 3 rings (SSSR count). The molecule has 0 unspecified atom stereocenters. The number of fused-ring (bicyclic) bond motifs is 1. The molecule has 0 bridgehead atoms. The molecule has 3 heteroatoms. The maximum atomic E-state index is 12.9. The van der Waals surface area contributed by atoms with Crippen LogP contribution in [0.5, 0.6) is 0 Å². The third-order valence-electron chi connectivity index (χ3n) is 5.50. The molecule has 0 spiro atoms. The van der Waals surface area contributed by atoms with Gasteiger partial charge in [-0.15, -0.1) is 0 Å². The molecule has 0 atom stereocenters. The van der Waals surface area contributed by atoms with E-state index in [2.05, 4.69) is 27.7 Å². The van der Waals surface area contributed by atoms with Crippen molar-refractivity contribution in [3.05, 3.63) is 35.0 Å². The van der Waals surface area contributed by atoms with Crippen LogP contribution in [-0.2, 0) is 7.05 Å². The molecule has 0 saturated heterocycles. The van der Waals surface area contributed by atoms with Crippen LogP contribution in [0.3, 0.4) is 0 Å². The largest absolute Gasteiger partial charge is 0.350 e. The molecule has 1 saturated carbocycles. The van der Waals surface area contributed by atoms with Crippen LogP contribution in [0.2, 0.25) is 5.02 Å². The second-order valence-corrected chi connectivity index (χ2v) is 7.49. The Bertz CT molecular complexity index is 710. The first-order valence-electron chi connectivity index (χ1n) is 6.96. The number of aromatic nitrogens is 1.